The maximum absolute atomic E-state index is 12.0. The Hall–Kier alpha value is -0.570. The molecule has 0 atom stereocenters. The van der Waals surface area contributed by atoms with Gasteiger partial charge in [0.15, 0.2) is 0 Å². The molecule has 0 radical (unpaired) electrons. The van der Waals surface area contributed by atoms with Crippen LogP contribution in [0.2, 0.25) is 0 Å². The molecular formula is C11H19NO2. The lowest BCUT2D eigenvalue weighted by molar-refractivity contribution is -0.163. The summed E-state index contributed by atoms with van der Waals surface area (Å²) < 4.78 is 5.33. The molecule has 0 bridgehead atoms. The summed E-state index contributed by atoms with van der Waals surface area (Å²) in [5.74, 6) is 0.356. The van der Waals surface area contributed by atoms with Crippen LogP contribution in [0, 0.1) is 5.41 Å². The average Bonchev–Trinajstić information content (AvgIpc) is 2.92. The molecule has 1 aliphatic carbocycles. The minimum absolute atomic E-state index is 0.0229. The molecule has 2 rings (SSSR count). The highest BCUT2D eigenvalue weighted by Crippen LogP contribution is 2.51. The van der Waals surface area contributed by atoms with Gasteiger partial charge < -0.3 is 9.64 Å². The van der Waals surface area contributed by atoms with E-state index < -0.39 is 0 Å². The molecular weight excluding hydrogens is 178 g/mol. The smallest absolute Gasteiger partial charge is 0.228 e. The zero-order chi connectivity index (χ0) is 10.4. The van der Waals surface area contributed by atoms with Gasteiger partial charge in [0.2, 0.25) is 5.91 Å². The van der Waals surface area contributed by atoms with Crippen LogP contribution >= 0.6 is 0 Å². The number of hydrogen-bond acceptors (Lipinski definition) is 2. The first-order chi connectivity index (χ1) is 6.55. The number of ether oxygens (including phenoxy) is 1. The van der Waals surface area contributed by atoms with Crippen molar-refractivity contribution in [2.24, 2.45) is 5.41 Å². The van der Waals surface area contributed by atoms with Gasteiger partial charge >= 0.3 is 0 Å². The highest BCUT2D eigenvalue weighted by molar-refractivity contribution is 5.86. The van der Waals surface area contributed by atoms with Crippen molar-refractivity contribution in [2.45, 2.75) is 38.7 Å². The third-order valence-corrected chi connectivity index (χ3v) is 3.81. The maximum atomic E-state index is 12.0. The van der Waals surface area contributed by atoms with E-state index in [1.807, 2.05) is 4.90 Å². The number of hydrogen-bond donors (Lipinski definition) is 0. The molecule has 0 aromatic heterocycles. The Morgan fingerprint density at radius 3 is 2.36 bits per heavy atom. The van der Waals surface area contributed by atoms with Crippen LogP contribution in [-0.4, -0.2) is 36.6 Å². The van der Waals surface area contributed by atoms with E-state index in [2.05, 4.69) is 13.8 Å². The summed E-state index contributed by atoms with van der Waals surface area (Å²) in [5, 5.41) is 0. The van der Waals surface area contributed by atoms with E-state index in [0.717, 1.165) is 32.4 Å². The van der Waals surface area contributed by atoms with Crippen LogP contribution < -0.4 is 0 Å². The third kappa shape index (κ3) is 1.34. The lowest BCUT2D eigenvalue weighted by atomic mass is 9.92. The number of carbonyl (C=O) groups is 1. The van der Waals surface area contributed by atoms with Gasteiger partial charge in [-0.15, -0.1) is 0 Å². The van der Waals surface area contributed by atoms with Crippen molar-refractivity contribution < 1.29 is 9.53 Å². The number of methoxy groups -OCH3 is 1. The van der Waals surface area contributed by atoms with Crippen molar-refractivity contribution in [2.75, 3.05) is 20.2 Å². The first-order valence-electron chi connectivity index (χ1n) is 5.40. The summed E-state index contributed by atoms with van der Waals surface area (Å²) in [6.45, 7) is 5.71. The molecule has 14 heavy (non-hydrogen) atoms. The Morgan fingerprint density at radius 1 is 1.43 bits per heavy atom. The van der Waals surface area contributed by atoms with E-state index in [1.54, 1.807) is 7.11 Å². The van der Waals surface area contributed by atoms with Gasteiger partial charge in [0.1, 0.15) is 0 Å². The molecule has 3 heteroatoms. The van der Waals surface area contributed by atoms with Crippen molar-refractivity contribution in [3.63, 3.8) is 0 Å². The summed E-state index contributed by atoms with van der Waals surface area (Å²) in [5.41, 5.74) is -0.0610. The number of carbonyl (C=O) groups excluding carboxylic acids is 1. The van der Waals surface area contributed by atoms with Gasteiger partial charge in [-0.1, -0.05) is 6.92 Å². The Bertz CT molecular complexity index is 252. The molecule has 1 saturated heterocycles. The normalized spacial score (nSPS) is 26.9. The minimum atomic E-state index is -0.0838. The number of likely N-dealkylation sites (tertiary alicyclic amines) is 1. The van der Waals surface area contributed by atoms with Crippen molar-refractivity contribution in [3.8, 4) is 0 Å². The predicted molar refractivity (Wildman–Crippen MR) is 54.0 cm³/mol. The van der Waals surface area contributed by atoms with Gasteiger partial charge in [0.05, 0.1) is 18.7 Å². The molecule has 0 aromatic rings. The molecule has 2 fully saturated rings. The topological polar surface area (TPSA) is 29.5 Å². The van der Waals surface area contributed by atoms with Crippen LogP contribution in [0.1, 0.15) is 33.1 Å². The van der Waals surface area contributed by atoms with E-state index >= 15 is 0 Å². The number of nitrogens with zero attached hydrogens (tertiary/aromatic N) is 1. The molecule has 3 nitrogen and oxygen atoms in total. The molecule has 80 valence electrons. The van der Waals surface area contributed by atoms with E-state index in [-0.39, 0.29) is 11.0 Å². The van der Waals surface area contributed by atoms with Crippen molar-refractivity contribution in [1.82, 2.24) is 4.90 Å². The zero-order valence-corrected chi connectivity index (χ0v) is 9.30. The van der Waals surface area contributed by atoms with Gasteiger partial charge in [-0.2, -0.15) is 0 Å². The monoisotopic (exact) mass is 197 g/mol. The summed E-state index contributed by atoms with van der Waals surface area (Å²) >= 11 is 0. The van der Waals surface area contributed by atoms with Gasteiger partial charge in [0.25, 0.3) is 0 Å². The third-order valence-electron chi connectivity index (χ3n) is 3.81. The van der Waals surface area contributed by atoms with Crippen molar-refractivity contribution in [1.29, 1.82) is 0 Å². The quantitative estimate of drug-likeness (QED) is 0.685. The summed E-state index contributed by atoms with van der Waals surface area (Å²) in [6.07, 6.45) is 3.16. The standard InChI is InChI=1S/C11H19NO2/c1-4-11(5-6-11)9(13)12-7-10(2,8-12)14-3/h4-8H2,1-3H3. The Balaban J connectivity index is 1.91. The lowest BCUT2D eigenvalue weighted by Gasteiger charge is -2.48. The SMILES string of the molecule is CCC1(C(=O)N2CC(C)(OC)C2)CC1. The van der Waals surface area contributed by atoms with Crippen LogP contribution in [-0.2, 0) is 9.53 Å². The predicted octanol–water partition coefficient (Wildman–Crippen LogP) is 1.42. The molecule has 0 spiro atoms. The van der Waals surface area contributed by atoms with Crippen molar-refractivity contribution >= 4 is 5.91 Å². The molecule has 0 aromatic carbocycles. The fourth-order valence-corrected chi connectivity index (χ4v) is 2.24. The summed E-state index contributed by atoms with van der Waals surface area (Å²) in [4.78, 5) is 14.0. The van der Waals surface area contributed by atoms with Gasteiger partial charge in [-0.05, 0) is 26.2 Å². The Labute approximate surface area is 85.4 Å². The zero-order valence-electron chi connectivity index (χ0n) is 9.30. The molecule has 1 heterocycles. The first kappa shape index (κ1) is 9.97. The summed E-state index contributed by atoms with van der Waals surface area (Å²) in [7, 11) is 1.72. The second kappa shape index (κ2) is 2.96. The fraction of sp³-hybridized carbons (Fsp3) is 0.909. The van der Waals surface area contributed by atoms with E-state index in [1.165, 1.54) is 0 Å². The van der Waals surface area contributed by atoms with Crippen LogP contribution in [0.3, 0.4) is 0 Å². The van der Waals surface area contributed by atoms with E-state index in [9.17, 15) is 4.79 Å². The van der Waals surface area contributed by atoms with E-state index in [0.29, 0.717) is 5.91 Å². The van der Waals surface area contributed by atoms with Crippen LogP contribution in [0.4, 0.5) is 0 Å². The first-order valence-corrected chi connectivity index (χ1v) is 5.40. The molecule has 0 unspecified atom stereocenters. The highest BCUT2D eigenvalue weighted by atomic mass is 16.5. The van der Waals surface area contributed by atoms with Crippen molar-refractivity contribution in [3.05, 3.63) is 0 Å². The van der Waals surface area contributed by atoms with Crippen LogP contribution in [0.15, 0.2) is 0 Å². The molecule has 1 aliphatic heterocycles. The van der Waals surface area contributed by atoms with Crippen LogP contribution in [0.5, 0.6) is 0 Å². The summed E-state index contributed by atoms with van der Waals surface area (Å²) in [6, 6.07) is 0. The Kier molecular flexibility index (Phi) is 2.11. The fourth-order valence-electron chi connectivity index (χ4n) is 2.24. The molecule has 2 aliphatic rings. The second-order valence-electron chi connectivity index (χ2n) is 4.95. The highest BCUT2D eigenvalue weighted by Gasteiger charge is 2.54. The van der Waals surface area contributed by atoms with Gasteiger partial charge in [0, 0.05) is 12.5 Å². The van der Waals surface area contributed by atoms with Gasteiger partial charge in [-0.25, -0.2) is 0 Å². The maximum Gasteiger partial charge on any atom is 0.228 e. The molecule has 1 amide bonds. The minimum Gasteiger partial charge on any atom is -0.375 e. The van der Waals surface area contributed by atoms with Gasteiger partial charge in [-0.3, -0.25) is 4.79 Å². The largest absolute Gasteiger partial charge is 0.375 e. The van der Waals surface area contributed by atoms with Crippen LogP contribution in [0.25, 0.3) is 0 Å². The molecule has 0 N–H and O–H groups in total. The molecule has 1 saturated carbocycles. The van der Waals surface area contributed by atoms with E-state index in [4.69, 9.17) is 4.74 Å². The number of rotatable bonds is 3. The number of amides is 1. The Morgan fingerprint density at radius 2 is 2.00 bits per heavy atom. The second-order valence-corrected chi connectivity index (χ2v) is 4.95. The lowest BCUT2D eigenvalue weighted by Crippen LogP contribution is -2.64. The average molecular weight is 197 g/mol.